The quantitative estimate of drug-likeness (QED) is 0.609. The predicted molar refractivity (Wildman–Crippen MR) is 108 cm³/mol. The van der Waals surface area contributed by atoms with Gasteiger partial charge in [-0.25, -0.2) is 4.79 Å². The monoisotopic (exact) mass is 378 g/mol. The highest BCUT2D eigenvalue weighted by Gasteiger charge is 2.26. The molecule has 6 heteroatoms. The predicted octanol–water partition coefficient (Wildman–Crippen LogP) is 5.22. The number of nitrogens with zero attached hydrogens (tertiary/aromatic N) is 2. The Kier molecular flexibility index (Phi) is 8.21. The molecule has 5 nitrogen and oxygen atoms in total. The third kappa shape index (κ3) is 6.09. The van der Waals surface area contributed by atoms with E-state index in [2.05, 4.69) is 11.6 Å². The Balaban J connectivity index is 3.31. The minimum absolute atomic E-state index is 0.296. The Labute approximate surface area is 161 Å². The maximum absolute atomic E-state index is 12.8. The molecule has 0 aromatic carbocycles. The van der Waals surface area contributed by atoms with Gasteiger partial charge in [-0.2, -0.15) is 0 Å². The first-order chi connectivity index (χ1) is 12.1. The van der Waals surface area contributed by atoms with Crippen LogP contribution in [0.2, 0.25) is 0 Å². The van der Waals surface area contributed by atoms with Crippen LogP contribution in [0, 0.1) is 13.8 Å². The van der Waals surface area contributed by atoms with Crippen molar-refractivity contribution in [3.63, 3.8) is 0 Å². The lowest BCUT2D eigenvalue weighted by Gasteiger charge is -2.29. The number of aromatic nitrogens is 1. The van der Waals surface area contributed by atoms with Gasteiger partial charge >= 0.3 is 6.09 Å². The summed E-state index contributed by atoms with van der Waals surface area (Å²) < 4.78 is 11.1. The molecule has 0 bridgehead atoms. The van der Waals surface area contributed by atoms with Crippen molar-refractivity contribution in [3.8, 4) is 5.75 Å². The Bertz CT molecular complexity index is 678. The number of ether oxygens (including phenoxy) is 2. The maximum Gasteiger partial charge on any atom is 0.415 e. The highest BCUT2D eigenvalue weighted by atomic mass is 32.2. The van der Waals surface area contributed by atoms with Gasteiger partial charge in [0.15, 0.2) is 0 Å². The lowest BCUT2D eigenvalue weighted by Crippen LogP contribution is -2.35. The molecule has 0 unspecified atom stereocenters. The van der Waals surface area contributed by atoms with Gasteiger partial charge in [-0.1, -0.05) is 19.6 Å². The molecular weight excluding hydrogens is 348 g/mol. The summed E-state index contributed by atoms with van der Waals surface area (Å²) in [7, 11) is 1.64. The van der Waals surface area contributed by atoms with Crippen molar-refractivity contribution in [2.24, 2.45) is 0 Å². The number of rotatable bonds is 7. The molecule has 0 saturated heterocycles. The molecule has 0 radical (unpaired) electrons. The van der Waals surface area contributed by atoms with E-state index in [0.717, 1.165) is 33.4 Å². The van der Waals surface area contributed by atoms with Crippen LogP contribution in [0.4, 0.5) is 4.79 Å². The van der Waals surface area contributed by atoms with E-state index in [1.165, 1.54) is 0 Å². The fraction of sp³-hybridized carbons (Fsp3) is 0.500. The Hall–Kier alpha value is -1.95. The lowest BCUT2D eigenvalue weighted by atomic mass is 10.1. The first-order valence-corrected chi connectivity index (χ1v) is 9.58. The number of methoxy groups -OCH3 is 1. The van der Waals surface area contributed by atoms with E-state index in [-0.39, 0.29) is 0 Å². The molecule has 1 heterocycles. The molecule has 1 rings (SSSR count). The van der Waals surface area contributed by atoms with E-state index in [4.69, 9.17) is 9.47 Å². The topological polar surface area (TPSA) is 51.7 Å². The summed E-state index contributed by atoms with van der Waals surface area (Å²) in [5.41, 5.74) is 2.06. The second-order valence-electron chi connectivity index (χ2n) is 6.79. The van der Waals surface area contributed by atoms with Crippen LogP contribution in [0.5, 0.6) is 5.75 Å². The zero-order valence-corrected chi connectivity index (χ0v) is 17.7. The van der Waals surface area contributed by atoms with E-state index < -0.39 is 11.7 Å². The van der Waals surface area contributed by atoms with E-state index in [9.17, 15) is 4.79 Å². The summed E-state index contributed by atoms with van der Waals surface area (Å²) in [6, 6.07) is 0. The van der Waals surface area contributed by atoms with Gasteiger partial charge in [0.25, 0.3) is 0 Å². The molecule has 26 heavy (non-hydrogen) atoms. The number of carbonyl (C=O) groups is 1. The van der Waals surface area contributed by atoms with E-state index in [1.807, 2.05) is 47.6 Å². The van der Waals surface area contributed by atoms with Crippen LogP contribution in [-0.2, 0) is 11.3 Å². The van der Waals surface area contributed by atoms with E-state index in [0.29, 0.717) is 6.54 Å². The molecule has 1 aromatic heterocycles. The molecule has 0 N–H and O–H groups in total. The van der Waals surface area contributed by atoms with E-state index in [1.54, 1.807) is 36.0 Å². The van der Waals surface area contributed by atoms with Crippen molar-refractivity contribution in [3.05, 3.63) is 46.8 Å². The van der Waals surface area contributed by atoms with Gasteiger partial charge in [0.1, 0.15) is 11.4 Å². The van der Waals surface area contributed by atoms with Crippen molar-refractivity contribution in [1.29, 1.82) is 0 Å². The van der Waals surface area contributed by atoms with Crippen LogP contribution < -0.4 is 4.74 Å². The van der Waals surface area contributed by atoms with Crippen molar-refractivity contribution < 1.29 is 14.3 Å². The van der Waals surface area contributed by atoms with Gasteiger partial charge in [-0.15, -0.1) is 11.8 Å². The lowest BCUT2D eigenvalue weighted by molar-refractivity contribution is 0.0314. The standard InChI is InChI=1S/C20H30N2O3S/c1-9-11-17(26-10-2)22(19(23)25-20(5,6)7)13-16-15(4)18(24-8)14(3)12-21-16/h9,11-12H,1,10,13H2,2-8H3/b17-11-. The molecule has 1 aromatic rings. The van der Waals surface area contributed by atoms with Gasteiger partial charge in [0, 0.05) is 17.3 Å². The summed E-state index contributed by atoms with van der Waals surface area (Å²) in [6.45, 7) is 15.5. The fourth-order valence-corrected chi connectivity index (χ4v) is 3.18. The summed E-state index contributed by atoms with van der Waals surface area (Å²) in [5.74, 6) is 1.61. The molecule has 0 saturated carbocycles. The van der Waals surface area contributed by atoms with Crippen molar-refractivity contribution in [2.75, 3.05) is 12.9 Å². The van der Waals surface area contributed by atoms with Gasteiger partial charge in [0.05, 0.1) is 24.4 Å². The van der Waals surface area contributed by atoms with Gasteiger partial charge in [0.2, 0.25) is 0 Å². The van der Waals surface area contributed by atoms with Crippen molar-refractivity contribution in [1.82, 2.24) is 9.88 Å². The average molecular weight is 379 g/mol. The van der Waals surface area contributed by atoms with Crippen molar-refractivity contribution in [2.45, 2.75) is 53.7 Å². The highest BCUT2D eigenvalue weighted by Crippen LogP contribution is 2.29. The second-order valence-corrected chi connectivity index (χ2v) is 8.07. The molecule has 0 aliphatic rings. The number of aryl methyl sites for hydroxylation is 1. The highest BCUT2D eigenvalue weighted by molar-refractivity contribution is 8.03. The number of carbonyl (C=O) groups excluding carboxylic acids is 1. The van der Waals surface area contributed by atoms with Crippen molar-refractivity contribution >= 4 is 17.9 Å². The molecule has 0 spiro atoms. The summed E-state index contributed by atoms with van der Waals surface area (Å²) >= 11 is 1.56. The van der Waals surface area contributed by atoms with Crippen LogP contribution in [0.3, 0.4) is 0 Å². The minimum Gasteiger partial charge on any atom is -0.496 e. The second kappa shape index (κ2) is 9.67. The molecule has 144 valence electrons. The summed E-state index contributed by atoms with van der Waals surface area (Å²) in [6.07, 6.45) is 4.84. The number of hydrogen-bond donors (Lipinski definition) is 0. The van der Waals surface area contributed by atoms with Gasteiger partial charge in [-0.05, 0) is 46.4 Å². The van der Waals surface area contributed by atoms with Crippen LogP contribution in [0.15, 0.2) is 30.0 Å². The molecule has 0 fully saturated rings. The van der Waals surface area contributed by atoms with Gasteiger partial charge in [-0.3, -0.25) is 9.88 Å². The maximum atomic E-state index is 12.8. The Morgan fingerprint density at radius 3 is 2.54 bits per heavy atom. The summed E-state index contributed by atoms with van der Waals surface area (Å²) in [5, 5.41) is 0.775. The number of pyridine rings is 1. The van der Waals surface area contributed by atoms with Crippen LogP contribution in [0.25, 0.3) is 0 Å². The smallest absolute Gasteiger partial charge is 0.415 e. The fourth-order valence-electron chi connectivity index (χ4n) is 2.39. The normalized spacial score (nSPS) is 11.9. The van der Waals surface area contributed by atoms with Crippen LogP contribution in [-0.4, -0.2) is 34.4 Å². The third-order valence-corrected chi connectivity index (χ3v) is 4.43. The number of allylic oxidation sites excluding steroid dienone is 2. The number of amides is 1. The Morgan fingerprint density at radius 1 is 1.38 bits per heavy atom. The van der Waals surface area contributed by atoms with Gasteiger partial charge < -0.3 is 9.47 Å². The van der Waals surface area contributed by atoms with Crippen LogP contribution >= 0.6 is 11.8 Å². The minimum atomic E-state index is -0.584. The third-order valence-electron chi connectivity index (χ3n) is 3.49. The summed E-state index contributed by atoms with van der Waals surface area (Å²) in [4.78, 5) is 19.0. The largest absolute Gasteiger partial charge is 0.496 e. The van der Waals surface area contributed by atoms with Crippen LogP contribution in [0.1, 0.15) is 44.5 Å². The molecular formula is C20H30N2O3S. The molecule has 0 aliphatic carbocycles. The first kappa shape index (κ1) is 22.1. The molecule has 0 atom stereocenters. The molecule has 1 amide bonds. The zero-order chi connectivity index (χ0) is 19.9. The molecule has 0 aliphatic heterocycles. The van der Waals surface area contributed by atoms with E-state index >= 15 is 0 Å². The SMILES string of the molecule is C=C/C=C(\SCC)N(Cc1ncc(C)c(OC)c1C)C(=O)OC(C)(C)C. The first-order valence-electron chi connectivity index (χ1n) is 8.59. The number of thioether (sulfide) groups is 1. The zero-order valence-electron chi connectivity index (χ0n) is 16.9. The Morgan fingerprint density at radius 2 is 2.04 bits per heavy atom. The average Bonchev–Trinajstić information content (AvgIpc) is 2.53. The number of hydrogen-bond acceptors (Lipinski definition) is 5.